The molecule has 9 heteroatoms. The van der Waals surface area contributed by atoms with Crippen molar-refractivity contribution in [2.45, 2.75) is 45.0 Å². The van der Waals surface area contributed by atoms with Crippen LogP contribution in [0.1, 0.15) is 26.7 Å². The molecule has 0 aromatic heterocycles. The highest BCUT2D eigenvalue weighted by molar-refractivity contribution is 5.94. The van der Waals surface area contributed by atoms with Crippen molar-refractivity contribution >= 4 is 23.9 Å². The molecule has 0 unspecified atom stereocenters. The zero-order valence-corrected chi connectivity index (χ0v) is 18.9. The number of fused-ring (bicyclic) bond motifs is 1. The summed E-state index contributed by atoms with van der Waals surface area (Å²) in [5.74, 6) is -4.29. The zero-order valence-electron chi connectivity index (χ0n) is 18.9. The van der Waals surface area contributed by atoms with Crippen LogP contribution >= 0.6 is 0 Å². The Balaban J connectivity index is 2.75. The molecule has 0 saturated carbocycles. The van der Waals surface area contributed by atoms with Crippen LogP contribution < -0.4 is 0 Å². The largest absolute Gasteiger partial charge is 0.466 e. The van der Waals surface area contributed by atoms with Gasteiger partial charge in [0.25, 0.3) is 0 Å². The van der Waals surface area contributed by atoms with Crippen LogP contribution in [-0.2, 0) is 38.1 Å². The van der Waals surface area contributed by atoms with E-state index in [2.05, 4.69) is 19.7 Å². The zero-order chi connectivity index (χ0) is 24.9. The maximum absolute atomic E-state index is 12.7. The Hall–Kier alpha value is -3.46. The lowest BCUT2D eigenvalue weighted by molar-refractivity contribution is -0.166. The molecule has 0 aromatic rings. The molecule has 1 aliphatic heterocycles. The molecular weight excluding hydrogens is 432 g/mol. The molecule has 0 spiro atoms. The first-order chi connectivity index (χ1) is 15.5. The van der Waals surface area contributed by atoms with Gasteiger partial charge in [0.15, 0.2) is 12.2 Å². The Morgan fingerprint density at radius 1 is 1.15 bits per heavy atom. The average Bonchev–Trinajstić information content (AvgIpc) is 3.04. The molecule has 1 saturated heterocycles. The number of aliphatic hydroxyl groups excluding tert-OH is 1. The normalized spacial score (nSPS) is 28.1. The van der Waals surface area contributed by atoms with E-state index in [4.69, 9.17) is 18.9 Å². The lowest BCUT2D eigenvalue weighted by Crippen LogP contribution is -2.46. The molecule has 2 rings (SSSR count). The highest BCUT2D eigenvalue weighted by atomic mass is 16.6. The molecule has 0 aromatic carbocycles. The molecule has 0 amide bonds. The van der Waals surface area contributed by atoms with Gasteiger partial charge in [0, 0.05) is 16.7 Å². The van der Waals surface area contributed by atoms with E-state index in [9.17, 15) is 24.3 Å². The van der Waals surface area contributed by atoms with Crippen molar-refractivity contribution in [1.29, 1.82) is 0 Å². The standard InChI is InChI=1S/C24H28O9/c1-12(2)21(26)32-19-16(24(29)30-6)9-7-8-15(11-25)10-17-18(14(5)23(28)31-17)20(19)33-22(27)13(3)4/h9-10,17-20,25H,1,3,5,7-8,11H2,2,4,6H3/b15-10+,16-9+/t17-,18+,19+,20+/m1/s1. The monoisotopic (exact) mass is 460 g/mol. The van der Waals surface area contributed by atoms with Crippen molar-refractivity contribution in [1.82, 2.24) is 0 Å². The highest BCUT2D eigenvalue weighted by Gasteiger charge is 2.50. The quantitative estimate of drug-likeness (QED) is 0.274. The predicted octanol–water partition coefficient (Wildman–Crippen LogP) is 1.87. The molecule has 33 heavy (non-hydrogen) atoms. The molecule has 1 aliphatic carbocycles. The summed E-state index contributed by atoms with van der Waals surface area (Å²) in [4.78, 5) is 50.1. The van der Waals surface area contributed by atoms with Crippen LogP contribution in [0.25, 0.3) is 0 Å². The van der Waals surface area contributed by atoms with Crippen molar-refractivity contribution in [2.75, 3.05) is 13.7 Å². The van der Waals surface area contributed by atoms with E-state index in [0.29, 0.717) is 12.0 Å². The molecule has 1 N–H and O–H groups in total. The van der Waals surface area contributed by atoms with Gasteiger partial charge >= 0.3 is 23.9 Å². The Morgan fingerprint density at radius 3 is 2.30 bits per heavy atom. The lowest BCUT2D eigenvalue weighted by Gasteiger charge is -2.33. The minimum Gasteiger partial charge on any atom is -0.466 e. The second-order valence-corrected chi connectivity index (χ2v) is 7.85. The van der Waals surface area contributed by atoms with Crippen LogP contribution in [0.2, 0.25) is 0 Å². The maximum Gasteiger partial charge on any atom is 0.337 e. The Labute approximate surface area is 192 Å². The van der Waals surface area contributed by atoms with Crippen molar-refractivity contribution in [2.24, 2.45) is 5.92 Å². The molecule has 1 heterocycles. The summed E-state index contributed by atoms with van der Waals surface area (Å²) in [6, 6.07) is 0. The van der Waals surface area contributed by atoms with Crippen molar-refractivity contribution < 1.29 is 43.2 Å². The molecular formula is C24H28O9. The fraction of sp³-hybridized carbons (Fsp3) is 0.417. The third-order valence-electron chi connectivity index (χ3n) is 5.25. The van der Waals surface area contributed by atoms with Gasteiger partial charge in [-0.25, -0.2) is 19.2 Å². The molecule has 1 fully saturated rings. The second-order valence-electron chi connectivity index (χ2n) is 7.85. The fourth-order valence-corrected chi connectivity index (χ4v) is 3.49. The van der Waals surface area contributed by atoms with Crippen LogP contribution in [-0.4, -0.2) is 61.0 Å². The van der Waals surface area contributed by atoms with E-state index >= 15 is 0 Å². The van der Waals surface area contributed by atoms with Crippen molar-refractivity contribution in [3.63, 3.8) is 0 Å². The first-order valence-electron chi connectivity index (χ1n) is 10.2. The number of rotatable bonds is 6. The van der Waals surface area contributed by atoms with Crippen LogP contribution in [0.5, 0.6) is 0 Å². The predicted molar refractivity (Wildman–Crippen MR) is 116 cm³/mol. The Kier molecular flexibility index (Phi) is 8.53. The topological polar surface area (TPSA) is 125 Å². The number of carbonyl (C=O) groups is 4. The van der Waals surface area contributed by atoms with E-state index in [1.165, 1.54) is 19.9 Å². The fourth-order valence-electron chi connectivity index (χ4n) is 3.49. The Morgan fingerprint density at radius 2 is 1.76 bits per heavy atom. The van der Waals surface area contributed by atoms with Crippen molar-refractivity contribution in [3.05, 3.63) is 59.8 Å². The highest BCUT2D eigenvalue weighted by Crippen LogP contribution is 2.38. The van der Waals surface area contributed by atoms with Crippen molar-refractivity contribution in [3.8, 4) is 0 Å². The number of hydrogen-bond acceptors (Lipinski definition) is 9. The number of esters is 4. The third kappa shape index (κ3) is 5.87. The van der Waals surface area contributed by atoms with Gasteiger partial charge in [-0.15, -0.1) is 0 Å². The molecule has 4 atom stereocenters. The number of hydrogen-bond donors (Lipinski definition) is 1. The second kappa shape index (κ2) is 10.9. The smallest absolute Gasteiger partial charge is 0.337 e. The maximum atomic E-state index is 12.7. The van der Waals surface area contributed by atoms with E-state index in [-0.39, 0.29) is 35.3 Å². The first-order valence-corrected chi connectivity index (χ1v) is 10.2. The van der Waals surface area contributed by atoms with Gasteiger partial charge in [-0.2, -0.15) is 0 Å². The summed E-state index contributed by atoms with van der Waals surface area (Å²) in [6.45, 7) is 13.4. The number of methoxy groups -OCH3 is 1. The molecule has 9 nitrogen and oxygen atoms in total. The van der Waals surface area contributed by atoms with Gasteiger partial charge in [-0.3, -0.25) is 0 Å². The summed E-state index contributed by atoms with van der Waals surface area (Å²) >= 11 is 0. The molecule has 178 valence electrons. The molecule has 2 aliphatic rings. The van der Waals surface area contributed by atoms with Gasteiger partial charge in [-0.05, 0) is 38.3 Å². The van der Waals surface area contributed by atoms with E-state index in [1.54, 1.807) is 6.08 Å². The summed E-state index contributed by atoms with van der Waals surface area (Å²) in [6.07, 6.45) is -0.246. The van der Waals surface area contributed by atoms with E-state index < -0.39 is 48.1 Å². The molecule has 0 bridgehead atoms. The van der Waals surface area contributed by atoms with Crippen LogP contribution in [0.4, 0.5) is 0 Å². The van der Waals surface area contributed by atoms with Crippen LogP contribution in [0, 0.1) is 5.92 Å². The minimum atomic E-state index is -1.47. The minimum absolute atomic E-state index is 0.0397. The molecule has 0 radical (unpaired) electrons. The van der Waals surface area contributed by atoms with E-state index in [1.807, 2.05) is 0 Å². The summed E-state index contributed by atoms with van der Waals surface area (Å²) in [5, 5.41) is 9.74. The van der Waals surface area contributed by atoms with Gasteiger partial charge in [0.2, 0.25) is 0 Å². The van der Waals surface area contributed by atoms with Gasteiger partial charge < -0.3 is 24.1 Å². The van der Waals surface area contributed by atoms with Crippen LogP contribution in [0.3, 0.4) is 0 Å². The Bertz CT molecular complexity index is 953. The third-order valence-corrected chi connectivity index (χ3v) is 5.25. The first kappa shape index (κ1) is 25.8. The van der Waals surface area contributed by atoms with E-state index in [0.717, 1.165) is 7.11 Å². The SMILES string of the molecule is C=C(C)C(=O)O[C@H]1[C@H]2C(=C)C(=O)O[C@@H]2/C=C(/CO)CC/C=C(/C(=O)OC)[C@@H]1OC(=O)C(=C)C. The number of ether oxygens (including phenoxy) is 4. The summed E-state index contributed by atoms with van der Waals surface area (Å²) in [5.41, 5.74) is 0.471. The lowest BCUT2D eigenvalue weighted by atomic mass is 9.83. The average molecular weight is 460 g/mol. The summed E-state index contributed by atoms with van der Waals surface area (Å²) in [7, 11) is 1.15. The van der Waals surface area contributed by atoms with Gasteiger partial charge in [0.1, 0.15) is 6.10 Å². The van der Waals surface area contributed by atoms with Crippen LogP contribution in [0.15, 0.2) is 59.8 Å². The number of carbonyl (C=O) groups excluding carboxylic acids is 4. The number of allylic oxidation sites excluding steroid dienone is 1. The van der Waals surface area contributed by atoms with Gasteiger partial charge in [0.05, 0.1) is 25.2 Å². The van der Waals surface area contributed by atoms with Gasteiger partial charge in [-0.1, -0.05) is 25.8 Å². The number of aliphatic hydroxyl groups is 1. The summed E-state index contributed by atoms with van der Waals surface area (Å²) < 4.78 is 21.5.